The Morgan fingerprint density at radius 2 is 1.88 bits per heavy atom. The van der Waals surface area contributed by atoms with Crippen LogP contribution >= 0.6 is 15.9 Å². The minimum atomic E-state index is -4.09. The second kappa shape index (κ2) is 5.57. The van der Waals surface area contributed by atoms with Crippen LogP contribution in [-0.2, 0) is 6.42 Å². The predicted octanol–water partition coefficient (Wildman–Crippen LogP) is 4.43. The molecule has 1 rings (SSSR count). The standard InChI is InChI=1S/C11H12BrF3O/c12-9-5-3-6-10(16)8(9)4-1-2-7-11(13,14)15/h3,5-6,16H,1-2,4,7H2. The van der Waals surface area contributed by atoms with Crippen molar-refractivity contribution in [3.63, 3.8) is 0 Å². The maximum absolute atomic E-state index is 11.9. The van der Waals surface area contributed by atoms with Crippen LogP contribution in [0.15, 0.2) is 22.7 Å². The van der Waals surface area contributed by atoms with E-state index < -0.39 is 12.6 Å². The van der Waals surface area contributed by atoms with E-state index in [1.165, 1.54) is 6.07 Å². The minimum absolute atomic E-state index is 0.0876. The predicted molar refractivity (Wildman–Crippen MR) is 59.4 cm³/mol. The molecule has 0 fully saturated rings. The molecule has 0 bridgehead atoms. The molecular weight excluding hydrogens is 285 g/mol. The van der Waals surface area contributed by atoms with Gasteiger partial charge in [-0.3, -0.25) is 0 Å². The molecule has 0 radical (unpaired) electrons. The van der Waals surface area contributed by atoms with Gasteiger partial charge >= 0.3 is 6.18 Å². The molecule has 0 atom stereocenters. The number of alkyl halides is 3. The first kappa shape index (κ1) is 13.4. The van der Waals surface area contributed by atoms with Gasteiger partial charge in [-0.15, -0.1) is 0 Å². The first-order valence-corrected chi connectivity index (χ1v) is 5.72. The molecule has 1 N–H and O–H groups in total. The molecule has 0 aliphatic heterocycles. The minimum Gasteiger partial charge on any atom is -0.508 e. The summed E-state index contributed by atoms with van der Waals surface area (Å²) in [5, 5.41) is 9.50. The monoisotopic (exact) mass is 296 g/mol. The number of hydrogen-bond acceptors (Lipinski definition) is 1. The van der Waals surface area contributed by atoms with E-state index in [9.17, 15) is 18.3 Å². The molecular formula is C11H12BrF3O. The second-order valence-corrected chi connectivity index (χ2v) is 4.41. The summed E-state index contributed by atoms with van der Waals surface area (Å²) in [5.74, 6) is 0.126. The van der Waals surface area contributed by atoms with Gasteiger partial charge in [-0.1, -0.05) is 22.0 Å². The fourth-order valence-electron chi connectivity index (χ4n) is 1.42. The maximum Gasteiger partial charge on any atom is 0.389 e. The van der Waals surface area contributed by atoms with Gasteiger partial charge in [0.2, 0.25) is 0 Å². The van der Waals surface area contributed by atoms with Crippen molar-refractivity contribution in [1.29, 1.82) is 0 Å². The third-order valence-corrected chi connectivity index (χ3v) is 2.97. The molecule has 0 aliphatic rings. The highest BCUT2D eigenvalue weighted by atomic mass is 79.9. The largest absolute Gasteiger partial charge is 0.508 e. The van der Waals surface area contributed by atoms with Crippen molar-refractivity contribution in [2.75, 3.05) is 0 Å². The molecule has 0 aliphatic carbocycles. The summed E-state index contributed by atoms with van der Waals surface area (Å²) < 4.78 is 36.4. The van der Waals surface area contributed by atoms with E-state index in [1.807, 2.05) is 0 Å². The average Bonchev–Trinajstić information content (AvgIpc) is 2.14. The molecule has 0 aromatic heterocycles. The van der Waals surface area contributed by atoms with E-state index in [4.69, 9.17) is 0 Å². The summed E-state index contributed by atoms with van der Waals surface area (Å²) in [6.45, 7) is 0. The molecule has 0 heterocycles. The van der Waals surface area contributed by atoms with Crippen molar-refractivity contribution < 1.29 is 18.3 Å². The maximum atomic E-state index is 11.9. The Labute approximate surface area is 100 Å². The van der Waals surface area contributed by atoms with Gasteiger partial charge in [0.05, 0.1) is 0 Å². The van der Waals surface area contributed by atoms with Crippen LogP contribution in [0, 0.1) is 0 Å². The van der Waals surface area contributed by atoms with E-state index in [0.29, 0.717) is 18.4 Å². The number of phenolic OH excluding ortho intramolecular Hbond substituents is 1. The fraction of sp³-hybridized carbons (Fsp3) is 0.455. The molecule has 0 saturated heterocycles. The number of aromatic hydroxyl groups is 1. The lowest BCUT2D eigenvalue weighted by Crippen LogP contribution is -2.06. The van der Waals surface area contributed by atoms with E-state index in [1.54, 1.807) is 12.1 Å². The Kier molecular flexibility index (Phi) is 4.65. The summed E-state index contributed by atoms with van der Waals surface area (Å²) in [5.41, 5.74) is 0.671. The van der Waals surface area contributed by atoms with Crippen LogP contribution in [0.25, 0.3) is 0 Å². The summed E-state index contributed by atoms with van der Waals surface area (Å²) in [4.78, 5) is 0. The summed E-state index contributed by atoms with van der Waals surface area (Å²) in [6.07, 6.45) is -3.91. The summed E-state index contributed by atoms with van der Waals surface area (Å²) in [7, 11) is 0. The van der Waals surface area contributed by atoms with Gasteiger partial charge in [-0.25, -0.2) is 0 Å². The Bertz CT molecular complexity index is 329. The Morgan fingerprint density at radius 1 is 1.19 bits per heavy atom. The Morgan fingerprint density at radius 3 is 2.44 bits per heavy atom. The van der Waals surface area contributed by atoms with Crippen molar-refractivity contribution in [2.45, 2.75) is 31.9 Å². The van der Waals surface area contributed by atoms with Crippen LogP contribution < -0.4 is 0 Å². The first-order chi connectivity index (χ1) is 7.40. The zero-order chi connectivity index (χ0) is 12.2. The van der Waals surface area contributed by atoms with Crippen molar-refractivity contribution in [3.05, 3.63) is 28.2 Å². The number of phenols is 1. The smallest absolute Gasteiger partial charge is 0.389 e. The van der Waals surface area contributed by atoms with Crippen molar-refractivity contribution >= 4 is 15.9 Å². The molecule has 16 heavy (non-hydrogen) atoms. The van der Waals surface area contributed by atoms with Gasteiger partial charge in [0.25, 0.3) is 0 Å². The lowest BCUT2D eigenvalue weighted by molar-refractivity contribution is -0.135. The molecule has 5 heteroatoms. The van der Waals surface area contributed by atoms with Crippen LogP contribution in [0.1, 0.15) is 24.8 Å². The number of hydrogen-bond donors (Lipinski definition) is 1. The van der Waals surface area contributed by atoms with Gasteiger partial charge < -0.3 is 5.11 Å². The molecule has 0 spiro atoms. The summed E-state index contributed by atoms with van der Waals surface area (Å²) in [6, 6.07) is 4.97. The average molecular weight is 297 g/mol. The quantitative estimate of drug-likeness (QED) is 0.815. The van der Waals surface area contributed by atoms with Crippen LogP contribution in [0.4, 0.5) is 13.2 Å². The number of halogens is 4. The molecule has 1 aromatic rings. The third-order valence-electron chi connectivity index (χ3n) is 2.23. The number of benzene rings is 1. The molecule has 0 amide bonds. The normalized spacial score (nSPS) is 11.8. The number of rotatable bonds is 4. The Hall–Kier alpha value is -0.710. The highest BCUT2D eigenvalue weighted by Gasteiger charge is 2.25. The van der Waals surface area contributed by atoms with Crippen LogP contribution in [0.5, 0.6) is 5.75 Å². The first-order valence-electron chi connectivity index (χ1n) is 4.93. The van der Waals surface area contributed by atoms with Gasteiger partial charge in [-0.05, 0) is 31.4 Å². The topological polar surface area (TPSA) is 20.2 Å². The third kappa shape index (κ3) is 4.43. The number of unbranched alkanes of at least 4 members (excludes halogenated alkanes) is 1. The van der Waals surface area contributed by atoms with Gasteiger partial charge in [0.15, 0.2) is 0 Å². The molecule has 0 unspecified atom stereocenters. The lowest BCUT2D eigenvalue weighted by Gasteiger charge is -2.08. The van der Waals surface area contributed by atoms with E-state index in [-0.39, 0.29) is 12.2 Å². The zero-order valence-electron chi connectivity index (χ0n) is 8.52. The zero-order valence-corrected chi connectivity index (χ0v) is 10.1. The van der Waals surface area contributed by atoms with Crippen LogP contribution in [-0.4, -0.2) is 11.3 Å². The Balaban J connectivity index is 2.43. The van der Waals surface area contributed by atoms with Gasteiger partial charge in [0, 0.05) is 16.5 Å². The van der Waals surface area contributed by atoms with Crippen molar-refractivity contribution in [2.24, 2.45) is 0 Å². The molecule has 90 valence electrons. The molecule has 1 aromatic carbocycles. The van der Waals surface area contributed by atoms with Crippen molar-refractivity contribution in [3.8, 4) is 5.75 Å². The fourth-order valence-corrected chi connectivity index (χ4v) is 1.98. The van der Waals surface area contributed by atoms with E-state index in [0.717, 1.165) is 4.47 Å². The molecule has 1 nitrogen and oxygen atoms in total. The lowest BCUT2D eigenvalue weighted by atomic mass is 10.1. The summed E-state index contributed by atoms with van der Waals surface area (Å²) >= 11 is 3.26. The van der Waals surface area contributed by atoms with E-state index >= 15 is 0 Å². The van der Waals surface area contributed by atoms with Gasteiger partial charge in [0.1, 0.15) is 5.75 Å². The van der Waals surface area contributed by atoms with Gasteiger partial charge in [-0.2, -0.15) is 13.2 Å². The SMILES string of the molecule is Oc1cccc(Br)c1CCCCC(F)(F)F. The van der Waals surface area contributed by atoms with E-state index in [2.05, 4.69) is 15.9 Å². The van der Waals surface area contributed by atoms with Crippen molar-refractivity contribution in [1.82, 2.24) is 0 Å². The van der Waals surface area contributed by atoms with Crippen LogP contribution in [0.3, 0.4) is 0 Å². The highest BCUT2D eigenvalue weighted by molar-refractivity contribution is 9.10. The second-order valence-electron chi connectivity index (χ2n) is 3.56. The molecule has 0 saturated carbocycles. The van der Waals surface area contributed by atoms with Crippen LogP contribution in [0.2, 0.25) is 0 Å². The highest BCUT2D eigenvalue weighted by Crippen LogP contribution is 2.28.